The quantitative estimate of drug-likeness (QED) is 0.824. The second kappa shape index (κ2) is 6.93. The van der Waals surface area contributed by atoms with E-state index >= 15 is 0 Å². The van der Waals surface area contributed by atoms with Crippen molar-refractivity contribution in [3.8, 4) is 0 Å². The Balaban J connectivity index is 1.91. The number of hydrogen-bond acceptors (Lipinski definition) is 4. The third kappa shape index (κ3) is 3.95. The molecule has 7 nitrogen and oxygen atoms in total. The number of aromatic nitrogens is 2. The molecule has 0 spiro atoms. The molecule has 1 aromatic heterocycles. The van der Waals surface area contributed by atoms with Crippen molar-refractivity contribution in [1.29, 1.82) is 0 Å². The Morgan fingerprint density at radius 3 is 2.50 bits per heavy atom. The highest BCUT2D eigenvalue weighted by molar-refractivity contribution is 5.95. The van der Waals surface area contributed by atoms with Crippen molar-refractivity contribution in [1.82, 2.24) is 20.0 Å². The summed E-state index contributed by atoms with van der Waals surface area (Å²) >= 11 is 0. The van der Waals surface area contributed by atoms with Crippen LogP contribution in [-0.4, -0.2) is 56.8 Å². The van der Waals surface area contributed by atoms with Crippen LogP contribution in [0.2, 0.25) is 0 Å². The highest BCUT2D eigenvalue weighted by atomic mass is 16.4. The second-order valence-electron chi connectivity index (χ2n) is 7.48. The number of amides is 1. The molecule has 0 radical (unpaired) electrons. The lowest BCUT2D eigenvalue weighted by Crippen LogP contribution is -2.54. The third-order valence-electron chi connectivity index (χ3n) is 4.60. The number of carbonyl (C=O) groups is 2. The van der Waals surface area contributed by atoms with Crippen molar-refractivity contribution in [2.75, 3.05) is 13.1 Å². The van der Waals surface area contributed by atoms with Crippen molar-refractivity contribution in [3.63, 3.8) is 0 Å². The van der Waals surface area contributed by atoms with Gasteiger partial charge in [-0.1, -0.05) is 6.92 Å². The van der Waals surface area contributed by atoms with Gasteiger partial charge in [0.25, 0.3) is 5.91 Å². The molecule has 0 bridgehead atoms. The van der Waals surface area contributed by atoms with Gasteiger partial charge in [0, 0.05) is 17.8 Å². The van der Waals surface area contributed by atoms with E-state index in [4.69, 9.17) is 5.11 Å². The first-order chi connectivity index (χ1) is 11.1. The summed E-state index contributed by atoms with van der Waals surface area (Å²) in [6.45, 7) is 10.8. The molecule has 1 amide bonds. The Kier molecular flexibility index (Phi) is 5.32. The molecule has 1 saturated carbocycles. The van der Waals surface area contributed by atoms with E-state index in [0.717, 1.165) is 18.5 Å². The van der Waals surface area contributed by atoms with Gasteiger partial charge in [0.05, 0.1) is 23.8 Å². The smallest absolute Gasteiger partial charge is 0.317 e. The lowest BCUT2D eigenvalue weighted by molar-refractivity contribution is -0.139. The van der Waals surface area contributed by atoms with Gasteiger partial charge < -0.3 is 10.4 Å². The van der Waals surface area contributed by atoms with Crippen molar-refractivity contribution >= 4 is 11.9 Å². The minimum atomic E-state index is -0.811. The van der Waals surface area contributed by atoms with Crippen LogP contribution >= 0.6 is 0 Å². The number of carbonyl (C=O) groups excluding carboxylic acids is 1. The SMILES string of the molecule is CCN(CC(=O)O)C1CC(NC(=O)c2cnn(C(C)(C)C)c2C)C1. The molecular formula is C17H28N4O3. The first kappa shape index (κ1) is 18.4. The molecule has 1 aliphatic carbocycles. The summed E-state index contributed by atoms with van der Waals surface area (Å²) in [7, 11) is 0. The molecule has 0 aromatic carbocycles. The van der Waals surface area contributed by atoms with Gasteiger partial charge in [-0.05, 0) is 47.1 Å². The van der Waals surface area contributed by atoms with E-state index in [-0.39, 0.29) is 30.1 Å². The zero-order valence-electron chi connectivity index (χ0n) is 15.2. The maximum Gasteiger partial charge on any atom is 0.317 e. The van der Waals surface area contributed by atoms with E-state index in [1.165, 1.54) is 0 Å². The van der Waals surface area contributed by atoms with Gasteiger partial charge in [0.15, 0.2) is 0 Å². The van der Waals surface area contributed by atoms with E-state index in [2.05, 4.69) is 10.4 Å². The molecule has 24 heavy (non-hydrogen) atoms. The van der Waals surface area contributed by atoms with E-state index in [9.17, 15) is 9.59 Å². The van der Waals surface area contributed by atoms with Gasteiger partial charge in [-0.25, -0.2) is 0 Å². The summed E-state index contributed by atoms with van der Waals surface area (Å²) in [5.74, 6) is -0.915. The van der Waals surface area contributed by atoms with Crippen molar-refractivity contribution in [2.45, 2.75) is 65.1 Å². The monoisotopic (exact) mass is 336 g/mol. The molecule has 0 saturated heterocycles. The van der Waals surface area contributed by atoms with Crippen LogP contribution in [0, 0.1) is 6.92 Å². The fourth-order valence-corrected chi connectivity index (χ4v) is 3.25. The molecule has 7 heteroatoms. The van der Waals surface area contributed by atoms with Gasteiger partial charge in [-0.3, -0.25) is 19.2 Å². The summed E-state index contributed by atoms with van der Waals surface area (Å²) in [6.07, 6.45) is 3.20. The normalized spacial score (nSPS) is 20.8. The maximum absolute atomic E-state index is 12.5. The molecule has 0 atom stereocenters. The predicted molar refractivity (Wildman–Crippen MR) is 91.1 cm³/mol. The number of aliphatic carboxylic acids is 1. The average Bonchev–Trinajstić information content (AvgIpc) is 2.81. The van der Waals surface area contributed by atoms with Crippen molar-refractivity contribution in [2.24, 2.45) is 0 Å². The second-order valence-corrected chi connectivity index (χ2v) is 7.48. The van der Waals surface area contributed by atoms with Gasteiger partial charge in [0.2, 0.25) is 0 Å². The van der Waals surface area contributed by atoms with E-state index in [0.29, 0.717) is 12.1 Å². The largest absolute Gasteiger partial charge is 0.480 e. The lowest BCUT2D eigenvalue weighted by Gasteiger charge is -2.42. The van der Waals surface area contributed by atoms with Crippen LogP contribution < -0.4 is 5.32 Å². The fourth-order valence-electron chi connectivity index (χ4n) is 3.25. The molecule has 1 heterocycles. The molecule has 2 N–H and O–H groups in total. The molecular weight excluding hydrogens is 308 g/mol. The Morgan fingerprint density at radius 1 is 1.42 bits per heavy atom. The summed E-state index contributed by atoms with van der Waals surface area (Å²) in [4.78, 5) is 25.3. The Morgan fingerprint density at radius 2 is 2.04 bits per heavy atom. The number of carboxylic acids is 1. The van der Waals surface area contributed by atoms with Crippen LogP contribution in [0.4, 0.5) is 0 Å². The number of likely N-dealkylation sites (N-methyl/N-ethyl adjacent to an activating group) is 1. The van der Waals surface area contributed by atoms with Crippen LogP contribution in [0.25, 0.3) is 0 Å². The first-order valence-electron chi connectivity index (χ1n) is 8.45. The van der Waals surface area contributed by atoms with Crippen LogP contribution in [0.3, 0.4) is 0 Å². The molecule has 0 aliphatic heterocycles. The van der Waals surface area contributed by atoms with Crippen molar-refractivity contribution < 1.29 is 14.7 Å². The molecule has 134 valence electrons. The standard InChI is InChI=1S/C17H28N4O3/c1-6-20(10-15(22)23)13-7-12(8-13)19-16(24)14-9-18-21(11(14)2)17(3,4)5/h9,12-13H,6-8,10H2,1-5H3,(H,19,24)(H,22,23). The zero-order chi connectivity index (χ0) is 18.1. The average molecular weight is 336 g/mol. The third-order valence-corrected chi connectivity index (χ3v) is 4.60. The van der Waals surface area contributed by atoms with Gasteiger partial charge >= 0.3 is 5.97 Å². The first-order valence-corrected chi connectivity index (χ1v) is 8.45. The maximum atomic E-state index is 12.5. The molecule has 1 fully saturated rings. The van der Waals surface area contributed by atoms with Crippen LogP contribution in [0.1, 0.15) is 56.6 Å². The highest BCUT2D eigenvalue weighted by Gasteiger charge is 2.35. The van der Waals surface area contributed by atoms with Gasteiger partial charge in [0.1, 0.15) is 0 Å². The van der Waals surface area contributed by atoms with E-state index < -0.39 is 5.97 Å². The number of nitrogens with zero attached hydrogens (tertiary/aromatic N) is 3. The van der Waals surface area contributed by atoms with Crippen molar-refractivity contribution in [3.05, 3.63) is 17.5 Å². The minimum Gasteiger partial charge on any atom is -0.480 e. The number of carboxylic acid groups (broad SMARTS) is 1. The molecule has 1 aliphatic rings. The topological polar surface area (TPSA) is 87.5 Å². The van der Waals surface area contributed by atoms with Crippen LogP contribution in [0.5, 0.6) is 0 Å². The number of nitrogens with one attached hydrogen (secondary N) is 1. The van der Waals surface area contributed by atoms with Crippen LogP contribution in [-0.2, 0) is 10.3 Å². The van der Waals surface area contributed by atoms with Gasteiger partial charge in [-0.2, -0.15) is 5.10 Å². The highest BCUT2D eigenvalue weighted by Crippen LogP contribution is 2.26. The Labute approximate surface area is 143 Å². The summed E-state index contributed by atoms with van der Waals surface area (Å²) in [6, 6.07) is 0.331. The summed E-state index contributed by atoms with van der Waals surface area (Å²) in [5.41, 5.74) is 1.30. The minimum absolute atomic E-state index is 0.0549. The Hall–Kier alpha value is -1.89. The van der Waals surface area contributed by atoms with E-state index in [1.807, 2.05) is 44.2 Å². The molecule has 1 aromatic rings. The summed E-state index contributed by atoms with van der Waals surface area (Å²) in [5, 5.41) is 16.3. The fraction of sp³-hybridized carbons (Fsp3) is 0.706. The molecule has 0 unspecified atom stereocenters. The van der Waals surface area contributed by atoms with Gasteiger partial charge in [-0.15, -0.1) is 0 Å². The Bertz CT molecular complexity index is 612. The number of hydrogen-bond donors (Lipinski definition) is 2. The lowest BCUT2D eigenvalue weighted by atomic mass is 9.85. The predicted octanol–water partition coefficient (Wildman–Crippen LogP) is 1.61. The number of rotatable bonds is 6. The zero-order valence-corrected chi connectivity index (χ0v) is 15.2. The van der Waals surface area contributed by atoms with Crippen LogP contribution in [0.15, 0.2) is 6.20 Å². The molecule has 2 rings (SSSR count). The van der Waals surface area contributed by atoms with E-state index in [1.54, 1.807) is 6.20 Å². The summed E-state index contributed by atoms with van der Waals surface area (Å²) < 4.78 is 1.86.